The second-order valence-corrected chi connectivity index (χ2v) is 4.32. The van der Waals surface area contributed by atoms with Crippen molar-refractivity contribution in [2.24, 2.45) is 0 Å². The molecule has 0 aliphatic heterocycles. The van der Waals surface area contributed by atoms with E-state index in [-0.39, 0.29) is 12.5 Å². The number of carbonyl (C=O) groups excluding carboxylic acids is 1. The fraction of sp³-hybridized carbons (Fsp3) is 0.286. The van der Waals surface area contributed by atoms with Crippen LogP contribution >= 0.6 is 12.2 Å². The van der Waals surface area contributed by atoms with Crippen LogP contribution in [0.4, 0.5) is 5.69 Å². The highest BCUT2D eigenvalue weighted by Gasteiger charge is 2.05. The average Bonchev–Trinajstić information content (AvgIpc) is 2.43. The van der Waals surface area contributed by atoms with Crippen molar-refractivity contribution >= 4 is 28.9 Å². The Morgan fingerprint density at radius 1 is 1.37 bits per heavy atom. The Morgan fingerprint density at radius 2 is 2.11 bits per heavy atom. The van der Waals surface area contributed by atoms with E-state index in [1.807, 2.05) is 24.3 Å². The van der Waals surface area contributed by atoms with E-state index in [9.17, 15) is 4.79 Å². The lowest BCUT2D eigenvalue weighted by Crippen LogP contribution is -2.39. The van der Waals surface area contributed by atoms with Gasteiger partial charge >= 0.3 is 0 Å². The summed E-state index contributed by atoms with van der Waals surface area (Å²) >= 11 is 5.00. The number of benzene rings is 1. The highest BCUT2D eigenvalue weighted by atomic mass is 32.1. The van der Waals surface area contributed by atoms with Crippen molar-refractivity contribution in [3.8, 4) is 0 Å². The monoisotopic (exact) mass is 277 g/mol. The topological polar surface area (TPSA) is 53.2 Å². The maximum Gasteiger partial charge on any atom is 0.243 e. The summed E-state index contributed by atoms with van der Waals surface area (Å²) in [4.78, 5) is 11.8. The molecule has 1 aromatic carbocycles. The molecule has 1 rings (SSSR count). The Labute approximate surface area is 119 Å². The summed E-state index contributed by atoms with van der Waals surface area (Å²) in [6, 6.07) is 7.75. The van der Waals surface area contributed by atoms with Crippen LogP contribution in [0.2, 0.25) is 0 Å². The van der Waals surface area contributed by atoms with Crippen molar-refractivity contribution in [3.63, 3.8) is 0 Å². The number of nitrogens with one attached hydrogen (secondary N) is 3. The lowest BCUT2D eigenvalue weighted by molar-refractivity contribution is -0.115. The van der Waals surface area contributed by atoms with Gasteiger partial charge in [0.2, 0.25) is 5.91 Å². The predicted molar refractivity (Wildman–Crippen MR) is 83.3 cm³/mol. The SMILES string of the molecule is C=CCNC(=S)NCC(=O)Nc1ccccc1CC. The lowest BCUT2D eigenvalue weighted by atomic mass is 10.1. The average molecular weight is 277 g/mol. The van der Waals surface area contributed by atoms with Gasteiger partial charge in [-0.2, -0.15) is 0 Å². The van der Waals surface area contributed by atoms with Gasteiger partial charge in [0.05, 0.1) is 6.54 Å². The first-order valence-electron chi connectivity index (χ1n) is 6.17. The van der Waals surface area contributed by atoms with Crippen molar-refractivity contribution < 1.29 is 4.79 Å². The molecule has 102 valence electrons. The molecule has 0 aliphatic carbocycles. The van der Waals surface area contributed by atoms with Crippen LogP contribution in [-0.4, -0.2) is 24.1 Å². The third-order valence-corrected chi connectivity index (χ3v) is 2.78. The zero-order chi connectivity index (χ0) is 14.1. The molecule has 0 saturated heterocycles. The molecule has 1 amide bonds. The van der Waals surface area contributed by atoms with E-state index < -0.39 is 0 Å². The van der Waals surface area contributed by atoms with Gasteiger partial charge in [-0.3, -0.25) is 4.79 Å². The van der Waals surface area contributed by atoms with Gasteiger partial charge in [-0.1, -0.05) is 31.2 Å². The van der Waals surface area contributed by atoms with E-state index in [4.69, 9.17) is 12.2 Å². The molecule has 0 bridgehead atoms. The predicted octanol–water partition coefficient (Wildman–Crippen LogP) is 1.84. The van der Waals surface area contributed by atoms with Crippen LogP contribution in [0.25, 0.3) is 0 Å². The zero-order valence-corrected chi connectivity index (χ0v) is 11.8. The van der Waals surface area contributed by atoms with Gasteiger partial charge < -0.3 is 16.0 Å². The van der Waals surface area contributed by atoms with Crippen LogP contribution in [0.1, 0.15) is 12.5 Å². The smallest absolute Gasteiger partial charge is 0.243 e. The third kappa shape index (κ3) is 5.52. The van der Waals surface area contributed by atoms with Crippen LogP contribution in [0.15, 0.2) is 36.9 Å². The van der Waals surface area contributed by atoms with Crippen molar-refractivity contribution in [1.82, 2.24) is 10.6 Å². The summed E-state index contributed by atoms with van der Waals surface area (Å²) < 4.78 is 0. The fourth-order valence-electron chi connectivity index (χ4n) is 1.53. The quantitative estimate of drug-likeness (QED) is 0.548. The maximum absolute atomic E-state index is 11.8. The highest BCUT2D eigenvalue weighted by Crippen LogP contribution is 2.14. The molecule has 0 saturated carbocycles. The van der Waals surface area contributed by atoms with Crippen LogP contribution in [-0.2, 0) is 11.2 Å². The Hall–Kier alpha value is -1.88. The van der Waals surface area contributed by atoms with Gasteiger partial charge in [0, 0.05) is 12.2 Å². The number of aryl methyl sites for hydroxylation is 1. The first kappa shape index (κ1) is 15.2. The second kappa shape index (κ2) is 8.26. The molecular formula is C14H19N3OS. The molecule has 0 unspecified atom stereocenters. The van der Waals surface area contributed by atoms with E-state index in [1.54, 1.807) is 6.08 Å². The number of rotatable bonds is 6. The minimum absolute atomic E-state index is 0.122. The van der Waals surface area contributed by atoms with E-state index in [0.29, 0.717) is 11.7 Å². The number of hydrogen-bond donors (Lipinski definition) is 3. The molecule has 5 heteroatoms. The van der Waals surface area contributed by atoms with Gasteiger partial charge in [0.25, 0.3) is 0 Å². The van der Waals surface area contributed by atoms with Gasteiger partial charge in [-0.15, -0.1) is 6.58 Å². The number of amides is 1. The van der Waals surface area contributed by atoms with Gasteiger partial charge in [-0.05, 0) is 30.3 Å². The molecule has 19 heavy (non-hydrogen) atoms. The summed E-state index contributed by atoms with van der Waals surface area (Å²) in [5.74, 6) is -0.122. The summed E-state index contributed by atoms with van der Waals surface area (Å²) in [6.45, 7) is 6.34. The molecule has 0 spiro atoms. The van der Waals surface area contributed by atoms with Crippen LogP contribution in [0.3, 0.4) is 0 Å². The number of anilines is 1. The maximum atomic E-state index is 11.8. The summed E-state index contributed by atoms with van der Waals surface area (Å²) in [7, 11) is 0. The molecular weight excluding hydrogens is 258 g/mol. The Bertz CT molecular complexity index is 460. The van der Waals surface area contributed by atoms with Crippen molar-refractivity contribution in [1.29, 1.82) is 0 Å². The standard InChI is InChI=1S/C14H19N3OS/c1-3-9-15-14(19)16-10-13(18)17-12-8-6-5-7-11(12)4-2/h3,5-8H,1,4,9-10H2,2H3,(H,17,18)(H2,15,16,19). The number of thiocarbonyl (C=S) groups is 1. The molecule has 0 heterocycles. The van der Waals surface area contributed by atoms with E-state index in [0.717, 1.165) is 17.7 Å². The van der Waals surface area contributed by atoms with Gasteiger partial charge in [0.1, 0.15) is 0 Å². The number of para-hydroxylation sites is 1. The number of carbonyl (C=O) groups is 1. The molecule has 0 fully saturated rings. The molecule has 0 aromatic heterocycles. The van der Waals surface area contributed by atoms with E-state index >= 15 is 0 Å². The van der Waals surface area contributed by atoms with Gasteiger partial charge in [0.15, 0.2) is 5.11 Å². The lowest BCUT2D eigenvalue weighted by Gasteiger charge is -2.11. The van der Waals surface area contributed by atoms with Crippen molar-refractivity contribution in [2.75, 3.05) is 18.4 Å². The molecule has 3 N–H and O–H groups in total. The highest BCUT2D eigenvalue weighted by molar-refractivity contribution is 7.80. The number of hydrogen-bond acceptors (Lipinski definition) is 2. The molecule has 4 nitrogen and oxygen atoms in total. The summed E-state index contributed by atoms with van der Waals surface area (Å²) in [5.41, 5.74) is 1.96. The second-order valence-electron chi connectivity index (χ2n) is 3.91. The van der Waals surface area contributed by atoms with Crippen LogP contribution in [0, 0.1) is 0 Å². The first-order valence-corrected chi connectivity index (χ1v) is 6.58. The third-order valence-electron chi connectivity index (χ3n) is 2.49. The Balaban J connectivity index is 2.42. The molecule has 0 radical (unpaired) electrons. The minimum atomic E-state index is -0.122. The van der Waals surface area contributed by atoms with Crippen LogP contribution in [0.5, 0.6) is 0 Å². The Kier molecular flexibility index (Phi) is 6.60. The summed E-state index contributed by atoms with van der Waals surface area (Å²) in [6.07, 6.45) is 2.58. The van der Waals surface area contributed by atoms with Gasteiger partial charge in [-0.25, -0.2) is 0 Å². The zero-order valence-electron chi connectivity index (χ0n) is 11.0. The van der Waals surface area contributed by atoms with E-state index in [2.05, 4.69) is 29.5 Å². The Morgan fingerprint density at radius 3 is 2.79 bits per heavy atom. The van der Waals surface area contributed by atoms with E-state index in [1.165, 1.54) is 0 Å². The summed E-state index contributed by atoms with van der Waals surface area (Å²) in [5, 5.41) is 9.04. The van der Waals surface area contributed by atoms with Crippen molar-refractivity contribution in [3.05, 3.63) is 42.5 Å². The largest absolute Gasteiger partial charge is 0.359 e. The van der Waals surface area contributed by atoms with Crippen molar-refractivity contribution in [2.45, 2.75) is 13.3 Å². The fourth-order valence-corrected chi connectivity index (χ4v) is 1.69. The minimum Gasteiger partial charge on any atom is -0.359 e. The van der Waals surface area contributed by atoms with Crippen LogP contribution < -0.4 is 16.0 Å². The first-order chi connectivity index (χ1) is 9.17. The molecule has 1 aromatic rings. The molecule has 0 atom stereocenters. The normalized spacial score (nSPS) is 9.53. The molecule has 0 aliphatic rings.